The van der Waals surface area contributed by atoms with E-state index in [2.05, 4.69) is 132 Å². The molecule has 2 heterocycles. The number of hydrogen-bond donors (Lipinski definition) is 0. The maximum atomic E-state index is 14.6. The lowest BCUT2D eigenvalue weighted by atomic mass is 9.76. The quantitative estimate of drug-likeness (QED) is 0.126. The third-order valence-electron chi connectivity index (χ3n) is 12.1. The van der Waals surface area contributed by atoms with E-state index in [0.29, 0.717) is 44.4 Å². The summed E-state index contributed by atoms with van der Waals surface area (Å²) in [6.07, 6.45) is 0. The van der Waals surface area contributed by atoms with Crippen molar-refractivity contribution in [2.45, 2.75) is 130 Å². The van der Waals surface area contributed by atoms with Gasteiger partial charge in [-0.2, -0.15) is 0 Å². The molecule has 6 heteroatoms. The topological polar surface area (TPSA) is 34.1 Å². The summed E-state index contributed by atoms with van der Waals surface area (Å²) in [6, 6.07) is 8.25. The molecule has 0 aliphatic heterocycles. The van der Waals surface area contributed by atoms with Gasteiger partial charge < -0.3 is 0 Å². The van der Waals surface area contributed by atoms with E-state index < -0.39 is 16.1 Å². The fraction of sp³-hybridized carbons (Fsp3) is 0.455. The van der Waals surface area contributed by atoms with Crippen LogP contribution < -0.4 is 0 Å². The Morgan fingerprint density at radius 3 is 1.06 bits per heavy atom. The van der Waals surface area contributed by atoms with Crippen molar-refractivity contribution >= 4 is 61.2 Å². The molecule has 260 valence electrons. The Bertz CT molecular complexity index is 2020. The standard InChI is InChI=1S/C44H52O2S2Si2/c1-23(2)49(24(3)4,25(5)6)17-15-31-21-33-40-38(44-36(41(33)45)20-30(14)48-44)32(16-18-50(26(7)8,27(9)10)28(11)12)22-34-39(40)37(31)43-35(42(34)46)19-29(13)47-43/h19-28H,1-14H3. The zero-order valence-corrected chi connectivity index (χ0v) is 36.0. The summed E-state index contributed by atoms with van der Waals surface area (Å²) < 4.78 is 0. The molecule has 0 unspecified atom stereocenters. The number of thiophene rings is 2. The third-order valence-corrected chi connectivity index (χ3v) is 26.8. The molecule has 0 saturated carbocycles. The molecule has 0 saturated heterocycles. The Balaban J connectivity index is 1.81. The maximum absolute atomic E-state index is 14.6. The maximum Gasteiger partial charge on any atom is 0.195 e. The van der Waals surface area contributed by atoms with Gasteiger partial charge in [0.2, 0.25) is 0 Å². The SMILES string of the molecule is Cc1cc2c(s1)-c1c(C#C[Si](C(C)C)(C(C)C)C(C)C)cc3c4c(c(C#C[Si](C(C)C)(C(C)C)C(C)C)cc(c14)C2=O)-c1sc(C)cc1C3=O. The first-order valence-corrected chi connectivity index (χ1v) is 24.5. The first kappa shape index (κ1) is 36.8. The predicted molar refractivity (Wildman–Crippen MR) is 223 cm³/mol. The van der Waals surface area contributed by atoms with Gasteiger partial charge in [0, 0.05) is 74.8 Å². The summed E-state index contributed by atoms with van der Waals surface area (Å²) in [4.78, 5) is 33.4. The highest BCUT2D eigenvalue weighted by Crippen LogP contribution is 2.53. The number of benzene rings is 2. The highest BCUT2D eigenvalue weighted by atomic mass is 32.1. The number of rotatable bonds is 6. The lowest BCUT2D eigenvalue weighted by Crippen LogP contribution is -2.43. The van der Waals surface area contributed by atoms with Gasteiger partial charge in [-0.25, -0.2) is 0 Å². The first-order valence-electron chi connectivity index (χ1n) is 18.4. The monoisotopic (exact) mass is 732 g/mol. The van der Waals surface area contributed by atoms with Crippen molar-refractivity contribution in [3.63, 3.8) is 0 Å². The number of carbonyl (C=O) groups is 2. The van der Waals surface area contributed by atoms with Gasteiger partial charge in [0.05, 0.1) is 0 Å². The van der Waals surface area contributed by atoms with Gasteiger partial charge >= 0.3 is 0 Å². The zero-order chi connectivity index (χ0) is 36.8. The Hall–Kier alpha value is -3.01. The number of fused-ring (bicyclic) bond motifs is 4. The number of carbonyl (C=O) groups excluding carboxylic acids is 2. The van der Waals surface area contributed by atoms with Crippen LogP contribution >= 0.6 is 22.7 Å². The third kappa shape index (κ3) is 5.23. The molecular formula is C44H52O2S2Si2. The summed E-state index contributed by atoms with van der Waals surface area (Å²) in [5, 5.41) is 1.78. The summed E-state index contributed by atoms with van der Waals surface area (Å²) in [7, 11) is -4.19. The molecule has 0 atom stereocenters. The average Bonchev–Trinajstić information content (AvgIpc) is 3.60. The van der Waals surface area contributed by atoms with Crippen LogP contribution in [-0.2, 0) is 0 Å². The van der Waals surface area contributed by atoms with Crippen molar-refractivity contribution in [3.8, 4) is 43.8 Å². The van der Waals surface area contributed by atoms with Crippen LogP contribution in [-0.4, -0.2) is 27.7 Å². The van der Waals surface area contributed by atoms with E-state index in [1.165, 1.54) is 0 Å². The van der Waals surface area contributed by atoms with E-state index in [1.807, 2.05) is 12.1 Å². The van der Waals surface area contributed by atoms with Gasteiger partial charge in [0.25, 0.3) is 0 Å². The second-order valence-electron chi connectivity index (χ2n) is 16.6. The molecule has 6 rings (SSSR count). The van der Waals surface area contributed by atoms with Crippen LogP contribution in [0.5, 0.6) is 0 Å². The minimum Gasteiger partial charge on any atom is -0.289 e. The van der Waals surface area contributed by atoms with Gasteiger partial charge in [-0.05, 0) is 71.4 Å². The Morgan fingerprint density at radius 1 is 0.480 bits per heavy atom. The van der Waals surface area contributed by atoms with E-state index in [-0.39, 0.29) is 11.6 Å². The van der Waals surface area contributed by atoms with Crippen LogP contribution in [0.25, 0.3) is 31.7 Å². The van der Waals surface area contributed by atoms with Gasteiger partial charge in [0.15, 0.2) is 11.6 Å². The molecule has 2 aliphatic rings. The molecule has 0 spiro atoms. The van der Waals surface area contributed by atoms with Crippen LogP contribution in [0.2, 0.25) is 33.2 Å². The van der Waals surface area contributed by atoms with Crippen molar-refractivity contribution in [2.75, 3.05) is 0 Å². The molecule has 50 heavy (non-hydrogen) atoms. The largest absolute Gasteiger partial charge is 0.289 e. The summed E-state index contributed by atoms with van der Waals surface area (Å²) in [5.41, 5.74) is 17.4. The highest BCUT2D eigenvalue weighted by Gasteiger charge is 2.44. The molecule has 2 nitrogen and oxygen atoms in total. The zero-order valence-electron chi connectivity index (χ0n) is 32.4. The lowest BCUT2D eigenvalue weighted by Gasteiger charge is -2.38. The van der Waals surface area contributed by atoms with Gasteiger partial charge in [-0.1, -0.05) is 94.9 Å². The average molecular weight is 733 g/mol. The van der Waals surface area contributed by atoms with E-state index in [9.17, 15) is 9.59 Å². The number of aryl methyl sites for hydroxylation is 2. The molecule has 0 radical (unpaired) electrons. The van der Waals surface area contributed by atoms with Crippen molar-refractivity contribution in [3.05, 3.63) is 67.4 Å². The molecular weight excluding hydrogens is 681 g/mol. The molecule has 4 aromatic rings. The molecule has 2 aliphatic carbocycles. The minimum atomic E-state index is -2.09. The molecule has 2 aromatic heterocycles. The molecule has 0 amide bonds. The van der Waals surface area contributed by atoms with E-state index in [4.69, 9.17) is 0 Å². The summed E-state index contributed by atoms with van der Waals surface area (Å²) in [5.74, 6) is 7.59. The van der Waals surface area contributed by atoms with Crippen LogP contribution in [0, 0.1) is 36.8 Å². The van der Waals surface area contributed by atoms with E-state index >= 15 is 0 Å². The summed E-state index contributed by atoms with van der Waals surface area (Å²) in [6.45, 7) is 32.2. The van der Waals surface area contributed by atoms with Crippen molar-refractivity contribution in [1.29, 1.82) is 0 Å². The summed E-state index contributed by atoms with van der Waals surface area (Å²) >= 11 is 3.34. The smallest absolute Gasteiger partial charge is 0.195 e. The predicted octanol–water partition coefficient (Wildman–Crippen LogP) is 13.1. The second-order valence-corrected chi connectivity index (χ2v) is 30.3. The lowest BCUT2D eigenvalue weighted by molar-refractivity contribution is 0.103. The van der Waals surface area contributed by atoms with E-state index in [0.717, 1.165) is 63.7 Å². The minimum absolute atomic E-state index is 0.0264. The number of ketones is 2. The molecule has 2 aromatic carbocycles. The van der Waals surface area contributed by atoms with Crippen LogP contribution in [0.4, 0.5) is 0 Å². The van der Waals surface area contributed by atoms with Crippen LogP contribution in [0.3, 0.4) is 0 Å². The van der Waals surface area contributed by atoms with Crippen LogP contribution in [0.15, 0.2) is 24.3 Å². The Labute approximate surface area is 310 Å². The second kappa shape index (κ2) is 12.9. The first-order chi connectivity index (χ1) is 23.4. The Morgan fingerprint density at radius 2 is 0.780 bits per heavy atom. The van der Waals surface area contributed by atoms with Crippen molar-refractivity contribution in [2.24, 2.45) is 0 Å². The van der Waals surface area contributed by atoms with Gasteiger partial charge in [-0.3, -0.25) is 9.59 Å². The fourth-order valence-corrected chi connectivity index (χ4v) is 22.5. The van der Waals surface area contributed by atoms with Crippen LogP contribution in [0.1, 0.15) is 136 Å². The van der Waals surface area contributed by atoms with E-state index in [1.54, 1.807) is 22.7 Å². The highest BCUT2D eigenvalue weighted by molar-refractivity contribution is 7.16. The van der Waals surface area contributed by atoms with Crippen molar-refractivity contribution < 1.29 is 9.59 Å². The van der Waals surface area contributed by atoms with Gasteiger partial charge in [-0.15, -0.1) is 33.8 Å². The van der Waals surface area contributed by atoms with Gasteiger partial charge in [0.1, 0.15) is 16.1 Å². The fourth-order valence-electron chi connectivity index (χ4n) is 9.91. The number of hydrogen-bond acceptors (Lipinski definition) is 4. The molecule has 0 bridgehead atoms. The molecule has 0 N–H and O–H groups in total. The molecule has 0 fully saturated rings. The van der Waals surface area contributed by atoms with Crippen molar-refractivity contribution in [1.82, 2.24) is 0 Å². The normalized spacial score (nSPS) is 13.8. The Kier molecular flexibility index (Phi) is 9.48.